The topological polar surface area (TPSA) is 71.2 Å². The van der Waals surface area contributed by atoms with Gasteiger partial charge in [-0.15, -0.1) is 10.2 Å². The van der Waals surface area contributed by atoms with Gasteiger partial charge >= 0.3 is 0 Å². The van der Waals surface area contributed by atoms with E-state index in [1.165, 1.54) is 5.56 Å². The zero-order valence-electron chi connectivity index (χ0n) is 10.4. The summed E-state index contributed by atoms with van der Waals surface area (Å²) in [6.07, 6.45) is 0. The number of hydrogen-bond acceptors (Lipinski definition) is 5. The standard InChI is InChI=1S/C13H15N3O2/c1-13(2)7-14-10-5-8(3-4-9(10)13)12-16-15-11(6-17)18-12/h3-5,14,17H,6-7H2,1-2H3. The highest BCUT2D eigenvalue weighted by Gasteiger charge is 2.29. The number of hydrogen-bond donors (Lipinski definition) is 2. The lowest BCUT2D eigenvalue weighted by molar-refractivity contribution is 0.241. The second kappa shape index (κ2) is 3.81. The highest BCUT2D eigenvalue weighted by atomic mass is 16.4. The third-order valence-corrected chi connectivity index (χ3v) is 3.32. The predicted molar refractivity (Wildman–Crippen MR) is 67.2 cm³/mol. The van der Waals surface area contributed by atoms with Gasteiger partial charge in [-0.1, -0.05) is 19.9 Å². The van der Waals surface area contributed by atoms with Gasteiger partial charge in [0.15, 0.2) is 0 Å². The van der Waals surface area contributed by atoms with Crippen molar-refractivity contribution in [2.45, 2.75) is 25.9 Å². The molecule has 1 aliphatic heterocycles. The zero-order chi connectivity index (χ0) is 12.8. The van der Waals surface area contributed by atoms with Crippen molar-refractivity contribution in [2.24, 2.45) is 0 Å². The van der Waals surface area contributed by atoms with Crippen LogP contribution < -0.4 is 5.32 Å². The Bertz CT molecular complexity index is 590. The number of nitrogens with one attached hydrogen (secondary N) is 1. The second-order valence-corrected chi connectivity index (χ2v) is 5.16. The van der Waals surface area contributed by atoms with Crippen molar-refractivity contribution in [3.63, 3.8) is 0 Å². The summed E-state index contributed by atoms with van der Waals surface area (Å²) in [5, 5.41) is 20.0. The van der Waals surface area contributed by atoms with E-state index in [1.54, 1.807) is 0 Å². The van der Waals surface area contributed by atoms with Crippen molar-refractivity contribution in [2.75, 3.05) is 11.9 Å². The minimum Gasteiger partial charge on any atom is -0.418 e. The van der Waals surface area contributed by atoms with E-state index < -0.39 is 0 Å². The van der Waals surface area contributed by atoms with Crippen LogP contribution in [-0.4, -0.2) is 21.8 Å². The molecule has 2 heterocycles. The maximum Gasteiger partial charge on any atom is 0.247 e. The maximum atomic E-state index is 8.91. The Morgan fingerprint density at radius 1 is 1.39 bits per heavy atom. The van der Waals surface area contributed by atoms with Crippen LogP contribution in [0.4, 0.5) is 5.69 Å². The summed E-state index contributed by atoms with van der Waals surface area (Å²) < 4.78 is 5.33. The molecule has 5 heteroatoms. The van der Waals surface area contributed by atoms with Gasteiger partial charge in [-0.2, -0.15) is 0 Å². The Hall–Kier alpha value is -1.88. The molecule has 0 aliphatic carbocycles. The van der Waals surface area contributed by atoms with E-state index in [0.29, 0.717) is 5.89 Å². The Morgan fingerprint density at radius 3 is 2.94 bits per heavy atom. The smallest absolute Gasteiger partial charge is 0.247 e. The van der Waals surface area contributed by atoms with Crippen molar-refractivity contribution >= 4 is 5.69 Å². The first-order chi connectivity index (χ1) is 8.60. The van der Waals surface area contributed by atoms with Gasteiger partial charge in [0, 0.05) is 23.2 Å². The fourth-order valence-electron chi connectivity index (χ4n) is 2.26. The molecule has 1 aromatic carbocycles. The van der Waals surface area contributed by atoms with Crippen LogP contribution in [0.3, 0.4) is 0 Å². The van der Waals surface area contributed by atoms with Crippen molar-refractivity contribution in [3.05, 3.63) is 29.7 Å². The first-order valence-corrected chi connectivity index (χ1v) is 5.92. The monoisotopic (exact) mass is 245 g/mol. The van der Waals surface area contributed by atoms with Crippen molar-refractivity contribution in [1.29, 1.82) is 0 Å². The van der Waals surface area contributed by atoms with E-state index in [9.17, 15) is 0 Å². The van der Waals surface area contributed by atoms with E-state index in [0.717, 1.165) is 17.8 Å². The Balaban J connectivity index is 2.01. The summed E-state index contributed by atoms with van der Waals surface area (Å²) >= 11 is 0. The molecule has 94 valence electrons. The van der Waals surface area contributed by atoms with E-state index >= 15 is 0 Å². The molecule has 2 aromatic rings. The van der Waals surface area contributed by atoms with Gasteiger partial charge in [-0.05, 0) is 17.7 Å². The molecule has 18 heavy (non-hydrogen) atoms. The van der Waals surface area contributed by atoms with Gasteiger partial charge in [0.25, 0.3) is 0 Å². The van der Waals surface area contributed by atoms with Gasteiger partial charge in [0.1, 0.15) is 6.61 Å². The molecule has 1 aromatic heterocycles. The van der Waals surface area contributed by atoms with Crippen LogP contribution in [-0.2, 0) is 12.0 Å². The maximum absolute atomic E-state index is 8.91. The van der Waals surface area contributed by atoms with Crippen LogP contribution in [0.25, 0.3) is 11.5 Å². The highest BCUT2D eigenvalue weighted by molar-refractivity contribution is 5.68. The van der Waals surface area contributed by atoms with Gasteiger partial charge in [-0.3, -0.25) is 0 Å². The molecular weight excluding hydrogens is 230 g/mol. The lowest BCUT2D eigenvalue weighted by Gasteiger charge is -2.16. The Morgan fingerprint density at radius 2 is 2.22 bits per heavy atom. The predicted octanol–water partition coefficient (Wildman–Crippen LogP) is 1.93. The Labute approximate surface area is 105 Å². The molecule has 0 amide bonds. The number of rotatable bonds is 2. The van der Waals surface area contributed by atoms with Crippen LogP contribution in [0.1, 0.15) is 25.3 Å². The molecule has 3 rings (SSSR count). The molecule has 0 unspecified atom stereocenters. The minimum absolute atomic E-state index is 0.152. The second-order valence-electron chi connectivity index (χ2n) is 5.16. The molecule has 1 aliphatic rings. The SMILES string of the molecule is CC1(C)CNc2cc(-c3nnc(CO)o3)ccc21. The van der Waals surface area contributed by atoms with Crippen LogP contribution in [0.5, 0.6) is 0 Å². The first-order valence-electron chi connectivity index (χ1n) is 5.92. The number of aromatic nitrogens is 2. The van der Waals surface area contributed by atoms with E-state index in [1.807, 2.05) is 12.1 Å². The molecular formula is C13H15N3O2. The normalized spacial score (nSPS) is 16.4. The molecule has 0 atom stereocenters. The molecule has 5 nitrogen and oxygen atoms in total. The fraction of sp³-hybridized carbons (Fsp3) is 0.385. The summed E-state index contributed by atoms with van der Waals surface area (Å²) in [6, 6.07) is 6.08. The average Bonchev–Trinajstić information content (AvgIpc) is 2.94. The summed E-state index contributed by atoms with van der Waals surface area (Å²) in [5.74, 6) is 0.673. The van der Waals surface area contributed by atoms with E-state index in [2.05, 4.69) is 35.4 Å². The summed E-state index contributed by atoms with van der Waals surface area (Å²) in [5.41, 5.74) is 3.43. The van der Waals surface area contributed by atoms with Crippen LogP contribution >= 0.6 is 0 Å². The van der Waals surface area contributed by atoms with Crippen LogP contribution in [0.2, 0.25) is 0 Å². The zero-order valence-corrected chi connectivity index (χ0v) is 10.4. The molecule has 0 saturated heterocycles. The number of aliphatic hydroxyl groups is 1. The van der Waals surface area contributed by atoms with E-state index in [4.69, 9.17) is 9.52 Å². The molecule has 2 N–H and O–H groups in total. The molecule has 0 fully saturated rings. The number of aliphatic hydroxyl groups excluding tert-OH is 1. The molecule has 0 radical (unpaired) electrons. The Kier molecular flexibility index (Phi) is 2.38. The van der Waals surface area contributed by atoms with Crippen molar-refractivity contribution in [3.8, 4) is 11.5 Å². The largest absolute Gasteiger partial charge is 0.418 e. The molecule has 0 bridgehead atoms. The highest BCUT2D eigenvalue weighted by Crippen LogP contribution is 2.38. The summed E-state index contributed by atoms with van der Waals surface area (Å²) in [6.45, 7) is 5.12. The first kappa shape index (κ1) is 11.2. The van der Waals surface area contributed by atoms with E-state index in [-0.39, 0.29) is 17.9 Å². The number of fused-ring (bicyclic) bond motifs is 1. The summed E-state index contributed by atoms with van der Waals surface area (Å²) in [4.78, 5) is 0. The third kappa shape index (κ3) is 1.67. The number of anilines is 1. The van der Waals surface area contributed by atoms with Crippen molar-refractivity contribution in [1.82, 2.24) is 10.2 Å². The van der Waals surface area contributed by atoms with Crippen LogP contribution in [0, 0.1) is 0 Å². The lowest BCUT2D eigenvalue weighted by Crippen LogP contribution is -2.18. The number of benzene rings is 1. The van der Waals surface area contributed by atoms with Gasteiger partial charge in [0.05, 0.1) is 0 Å². The third-order valence-electron chi connectivity index (χ3n) is 3.32. The minimum atomic E-state index is -0.233. The van der Waals surface area contributed by atoms with Gasteiger partial charge < -0.3 is 14.8 Å². The lowest BCUT2D eigenvalue weighted by atomic mass is 9.86. The summed E-state index contributed by atoms with van der Waals surface area (Å²) in [7, 11) is 0. The van der Waals surface area contributed by atoms with Crippen molar-refractivity contribution < 1.29 is 9.52 Å². The molecule has 0 saturated carbocycles. The molecule has 0 spiro atoms. The fourth-order valence-corrected chi connectivity index (χ4v) is 2.26. The van der Waals surface area contributed by atoms with Gasteiger partial charge in [-0.25, -0.2) is 0 Å². The van der Waals surface area contributed by atoms with Gasteiger partial charge in [0.2, 0.25) is 11.8 Å². The van der Waals surface area contributed by atoms with Crippen LogP contribution in [0.15, 0.2) is 22.6 Å². The average molecular weight is 245 g/mol. The quantitative estimate of drug-likeness (QED) is 0.846. The number of nitrogens with zero attached hydrogens (tertiary/aromatic N) is 2.